The van der Waals surface area contributed by atoms with Crippen molar-refractivity contribution in [3.8, 4) is 5.75 Å². The van der Waals surface area contributed by atoms with Gasteiger partial charge in [-0.25, -0.2) is 9.37 Å². The molecule has 24 heavy (non-hydrogen) atoms. The zero-order valence-electron chi connectivity index (χ0n) is 13.0. The van der Waals surface area contributed by atoms with Crippen LogP contribution < -0.4 is 10.1 Å². The summed E-state index contributed by atoms with van der Waals surface area (Å²) in [4.78, 5) is 19.5. The zero-order valence-corrected chi connectivity index (χ0v) is 13.8. The molecule has 0 unspecified atom stereocenters. The van der Waals surface area contributed by atoms with E-state index in [1.54, 1.807) is 12.1 Å². The molecule has 2 aromatic carbocycles. The highest BCUT2D eigenvalue weighted by Gasteiger charge is 2.10. The Hall–Kier alpha value is -2.54. The molecule has 0 fully saturated rings. The SMILES string of the molecule is CCOc1ccc2nc(SCC(=O)Nc3ccccc3F)[nH]c2c1. The average Bonchev–Trinajstić information content (AvgIpc) is 2.98. The number of nitrogens with one attached hydrogen (secondary N) is 2. The van der Waals surface area contributed by atoms with E-state index in [4.69, 9.17) is 4.74 Å². The number of aromatic nitrogens is 2. The first kappa shape index (κ1) is 16.3. The van der Waals surface area contributed by atoms with Gasteiger partial charge < -0.3 is 15.0 Å². The van der Waals surface area contributed by atoms with Gasteiger partial charge in [-0.05, 0) is 31.2 Å². The predicted molar refractivity (Wildman–Crippen MR) is 93.0 cm³/mol. The van der Waals surface area contributed by atoms with Gasteiger partial charge in [-0.15, -0.1) is 0 Å². The van der Waals surface area contributed by atoms with E-state index in [9.17, 15) is 9.18 Å². The number of para-hydroxylation sites is 1. The molecule has 0 aliphatic rings. The topological polar surface area (TPSA) is 67.0 Å². The standard InChI is InChI=1S/C17H16FN3O2S/c1-2-23-11-7-8-14-15(9-11)21-17(20-14)24-10-16(22)19-13-6-4-3-5-12(13)18/h3-9H,2,10H2,1H3,(H,19,22)(H,20,21). The molecule has 2 N–H and O–H groups in total. The number of thioether (sulfide) groups is 1. The number of H-pyrrole nitrogens is 1. The van der Waals surface area contributed by atoms with Crippen molar-refractivity contribution >= 4 is 34.4 Å². The Morgan fingerprint density at radius 3 is 2.96 bits per heavy atom. The molecule has 0 saturated heterocycles. The molecule has 0 aliphatic carbocycles. The smallest absolute Gasteiger partial charge is 0.234 e. The molecular weight excluding hydrogens is 329 g/mol. The molecule has 0 radical (unpaired) electrons. The maximum absolute atomic E-state index is 13.5. The lowest BCUT2D eigenvalue weighted by molar-refractivity contribution is -0.113. The fourth-order valence-electron chi connectivity index (χ4n) is 2.17. The van der Waals surface area contributed by atoms with Crippen LogP contribution in [0.2, 0.25) is 0 Å². The van der Waals surface area contributed by atoms with Crippen molar-refractivity contribution in [2.75, 3.05) is 17.7 Å². The molecule has 0 spiro atoms. The second-order valence-electron chi connectivity index (χ2n) is 4.97. The Morgan fingerprint density at radius 2 is 2.17 bits per heavy atom. The van der Waals surface area contributed by atoms with E-state index < -0.39 is 5.82 Å². The number of hydrogen-bond acceptors (Lipinski definition) is 4. The minimum absolute atomic E-state index is 0.131. The van der Waals surface area contributed by atoms with Crippen molar-refractivity contribution in [2.45, 2.75) is 12.1 Å². The number of imidazole rings is 1. The van der Waals surface area contributed by atoms with Crippen molar-refractivity contribution in [1.29, 1.82) is 0 Å². The van der Waals surface area contributed by atoms with Gasteiger partial charge in [-0.2, -0.15) is 0 Å². The predicted octanol–water partition coefficient (Wildman–Crippen LogP) is 3.83. The van der Waals surface area contributed by atoms with Crippen LogP contribution in [-0.2, 0) is 4.79 Å². The van der Waals surface area contributed by atoms with Gasteiger partial charge in [0.2, 0.25) is 5.91 Å². The first-order valence-electron chi connectivity index (χ1n) is 7.45. The number of carbonyl (C=O) groups excluding carboxylic acids is 1. The van der Waals surface area contributed by atoms with Gasteiger partial charge in [0.1, 0.15) is 11.6 Å². The van der Waals surface area contributed by atoms with Crippen LogP contribution in [0.4, 0.5) is 10.1 Å². The van der Waals surface area contributed by atoms with E-state index in [0.717, 1.165) is 16.8 Å². The zero-order chi connectivity index (χ0) is 16.9. The first-order valence-corrected chi connectivity index (χ1v) is 8.44. The average molecular weight is 345 g/mol. The highest BCUT2D eigenvalue weighted by Crippen LogP contribution is 2.23. The summed E-state index contributed by atoms with van der Waals surface area (Å²) in [6, 6.07) is 11.7. The lowest BCUT2D eigenvalue weighted by atomic mass is 10.3. The minimum Gasteiger partial charge on any atom is -0.494 e. The molecule has 5 nitrogen and oxygen atoms in total. The van der Waals surface area contributed by atoms with Gasteiger partial charge in [-0.1, -0.05) is 23.9 Å². The molecule has 0 aliphatic heterocycles. The van der Waals surface area contributed by atoms with E-state index >= 15 is 0 Å². The normalized spacial score (nSPS) is 10.8. The van der Waals surface area contributed by atoms with Crippen LogP contribution >= 0.6 is 11.8 Å². The van der Waals surface area contributed by atoms with Crippen LogP contribution in [0.15, 0.2) is 47.6 Å². The lowest BCUT2D eigenvalue weighted by Gasteiger charge is -2.04. The highest BCUT2D eigenvalue weighted by atomic mass is 32.2. The van der Waals surface area contributed by atoms with Gasteiger partial charge in [-0.3, -0.25) is 4.79 Å². The molecule has 0 atom stereocenters. The monoisotopic (exact) mass is 345 g/mol. The van der Waals surface area contributed by atoms with Gasteiger partial charge in [0.25, 0.3) is 0 Å². The molecule has 7 heteroatoms. The summed E-state index contributed by atoms with van der Waals surface area (Å²) in [7, 11) is 0. The van der Waals surface area contributed by atoms with Crippen molar-refractivity contribution in [2.24, 2.45) is 0 Å². The Morgan fingerprint density at radius 1 is 1.33 bits per heavy atom. The number of anilines is 1. The summed E-state index contributed by atoms with van der Waals surface area (Å²) in [5, 5.41) is 3.17. The van der Waals surface area contributed by atoms with Crippen molar-refractivity contribution in [1.82, 2.24) is 9.97 Å². The number of ether oxygens (including phenoxy) is 1. The second kappa shape index (κ2) is 7.35. The number of nitrogens with zero attached hydrogens (tertiary/aromatic N) is 1. The van der Waals surface area contributed by atoms with Crippen LogP contribution in [0.5, 0.6) is 5.75 Å². The number of rotatable bonds is 6. The van der Waals surface area contributed by atoms with Crippen LogP contribution in [-0.4, -0.2) is 28.2 Å². The summed E-state index contributed by atoms with van der Waals surface area (Å²) >= 11 is 1.26. The Balaban J connectivity index is 1.62. The summed E-state index contributed by atoms with van der Waals surface area (Å²) in [6.07, 6.45) is 0. The lowest BCUT2D eigenvalue weighted by Crippen LogP contribution is -2.15. The fraction of sp³-hybridized carbons (Fsp3) is 0.176. The third kappa shape index (κ3) is 3.86. The van der Waals surface area contributed by atoms with Crippen LogP contribution in [0.25, 0.3) is 11.0 Å². The summed E-state index contributed by atoms with van der Waals surface area (Å²) in [6.45, 7) is 2.52. The first-order chi connectivity index (χ1) is 11.7. The Labute approximate surface area is 142 Å². The van der Waals surface area contributed by atoms with E-state index in [0.29, 0.717) is 11.8 Å². The number of benzene rings is 2. The maximum Gasteiger partial charge on any atom is 0.234 e. The van der Waals surface area contributed by atoms with Gasteiger partial charge >= 0.3 is 0 Å². The van der Waals surface area contributed by atoms with E-state index in [2.05, 4.69) is 15.3 Å². The summed E-state index contributed by atoms with van der Waals surface area (Å²) in [5.74, 6) is 0.151. The Bertz CT molecular complexity index is 866. The molecule has 1 heterocycles. The van der Waals surface area contributed by atoms with Crippen molar-refractivity contribution < 1.29 is 13.9 Å². The molecule has 1 amide bonds. The van der Waals surface area contributed by atoms with Crippen molar-refractivity contribution in [3.63, 3.8) is 0 Å². The van der Waals surface area contributed by atoms with E-state index in [1.807, 2.05) is 25.1 Å². The summed E-state index contributed by atoms with van der Waals surface area (Å²) in [5.41, 5.74) is 1.82. The fourth-order valence-corrected chi connectivity index (χ4v) is 2.86. The number of fused-ring (bicyclic) bond motifs is 1. The number of carbonyl (C=O) groups is 1. The molecule has 3 rings (SSSR count). The minimum atomic E-state index is -0.456. The van der Waals surface area contributed by atoms with Gasteiger partial charge in [0.05, 0.1) is 29.1 Å². The molecule has 124 valence electrons. The number of hydrogen-bond donors (Lipinski definition) is 2. The third-order valence-electron chi connectivity index (χ3n) is 3.23. The van der Waals surface area contributed by atoms with E-state index in [-0.39, 0.29) is 17.3 Å². The molecule has 0 bridgehead atoms. The van der Waals surface area contributed by atoms with Gasteiger partial charge in [0.15, 0.2) is 5.16 Å². The Kier molecular flexibility index (Phi) is 5.00. The van der Waals surface area contributed by atoms with Crippen molar-refractivity contribution in [3.05, 3.63) is 48.3 Å². The quantitative estimate of drug-likeness (QED) is 0.666. The number of amides is 1. The largest absolute Gasteiger partial charge is 0.494 e. The van der Waals surface area contributed by atoms with Crippen LogP contribution in [0, 0.1) is 5.82 Å². The molecule has 3 aromatic rings. The molecular formula is C17H16FN3O2S. The highest BCUT2D eigenvalue weighted by molar-refractivity contribution is 7.99. The van der Waals surface area contributed by atoms with Gasteiger partial charge in [0, 0.05) is 6.07 Å². The maximum atomic E-state index is 13.5. The third-order valence-corrected chi connectivity index (χ3v) is 4.10. The van der Waals surface area contributed by atoms with Crippen LogP contribution in [0.3, 0.4) is 0 Å². The summed E-state index contributed by atoms with van der Waals surface area (Å²) < 4.78 is 18.9. The molecule has 1 aromatic heterocycles. The number of aromatic amines is 1. The van der Waals surface area contributed by atoms with E-state index in [1.165, 1.54) is 23.9 Å². The molecule has 0 saturated carbocycles. The number of halogens is 1. The van der Waals surface area contributed by atoms with Crippen LogP contribution in [0.1, 0.15) is 6.92 Å². The second-order valence-corrected chi connectivity index (χ2v) is 5.93.